The molecule has 1 atom stereocenters. The third kappa shape index (κ3) is 4.14. The van der Waals surface area contributed by atoms with E-state index in [9.17, 15) is 2.74 Å². The molecule has 2 heteroatoms. The van der Waals surface area contributed by atoms with Gasteiger partial charge in [0.05, 0.1) is 12.3 Å². The Labute approximate surface area is 292 Å². The first-order valence-corrected chi connectivity index (χ1v) is 16.4. The van der Waals surface area contributed by atoms with Gasteiger partial charge in [-0.15, -0.1) is 0 Å². The lowest BCUT2D eigenvalue weighted by Gasteiger charge is -2.34. The minimum absolute atomic E-state index is 0.206. The molecule has 0 amide bonds. The van der Waals surface area contributed by atoms with Crippen LogP contribution in [0.3, 0.4) is 0 Å². The molecule has 1 aliphatic rings. The van der Waals surface area contributed by atoms with Crippen LogP contribution in [0, 0.1) is 0 Å². The summed E-state index contributed by atoms with van der Waals surface area (Å²) < 4.78 is 51.4. The van der Waals surface area contributed by atoms with Crippen LogP contribution in [0.1, 0.15) is 29.1 Å². The van der Waals surface area contributed by atoms with Gasteiger partial charge in [-0.25, -0.2) is 0 Å². The fourth-order valence-corrected chi connectivity index (χ4v) is 7.87. The lowest BCUT2D eigenvalue weighted by Crippen LogP contribution is -2.28. The molecule has 1 unspecified atom stereocenters. The molecule has 0 N–H and O–H groups in total. The van der Waals surface area contributed by atoms with Gasteiger partial charge in [0, 0.05) is 27.8 Å². The molecular formula is C47H31NO. The van der Waals surface area contributed by atoms with Crippen molar-refractivity contribution in [3.8, 4) is 11.1 Å². The molecule has 0 spiro atoms. The van der Waals surface area contributed by atoms with E-state index in [4.69, 9.17) is 8.53 Å². The Kier molecular flexibility index (Phi) is 5.09. The summed E-state index contributed by atoms with van der Waals surface area (Å²) in [6.45, 7) is 0. The molecule has 9 aromatic rings. The Morgan fingerprint density at radius 1 is 0.449 bits per heavy atom. The van der Waals surface area contributed by atoms with Crippen LogP contribution in [0.15, 0.2) is 192 Å². The first-order chi connectivity index (χ1) is 26.4. The second-order valence-corrected chi connectivity index (χ2v) is 12.5. The van der Waals surface area contributed by atoms with Crippen LogP contribution in [0.25, 0.3) is 43.8 Å². The number of furan rings is 1. The van der Waals surface area contributed by atoms with E-state index in [1.165, 1.54) is 0 Å². The van der Waals surface area contributed by atoms with Gasteiger partial charge < -0.3 is 9.32 Å². The summed E-state index contributed by atoms with van der Waals surface area (Å²) in [7, 11) is 0. The topological polar surface area (TPSA) is 16.4 Å². The highest BCUT2D eigenvalue weighted by molar-refractivity contribution is 6.05. The number of nitrogens with zero attached hydrogens (tertiary/aromatic N) is 1. The number of hydrogen-bond donors (Lipinski definition) is 0. The molecule has 0 radical (unpaired) electrons. The van der Waals surface area contributed by atoms with Crippen LogP contribution in [0.4, 0.5) is 17.1 Å². The zero-order valence-corrected chi connectivity index (χ0v) is 26.4. The number of fused-ring (bicyclic) bond motifs is 7. The van der Waals surface area contributed by atoms with Crippen LogP contribution in [-0.2, 0) is 5.41 Å². The molecule has 1 aromatic heterocycles. The second-order valence-electron chi connectivity index (χ2n) is 12.5. The van der Waals surface area contributed by atoms with E-state index in [1.54, 1.807) is 0 Å². The summed E-state index contributed by atoms with van der Waals surface area (Å²) in [6, 6.07) is 51.7. The number of para-hydroxylation sites is 2. The normalized spacial score (nSPS) is 16.4. The van der Waals surface area contributed by atoms with Crippen molar-refractivity contribution in [1.29, 1.82) is 0 Å². The molecule has 49 heavy (non-hydrogen) atoms. The van der Waals surface area contributed by atoms with E-state index >= 15 is 0 Å². The largest absolute Gasteiger partial charge is 0.456 e. The van der Waals surface area contributed by atoms with Crippen molar-refractivity contribution in [3.05, 3.63) is 210 Å². The average Bonchev–Trinajstić information content (AvgIpc) is 3.73. The predicted octanol–water partition coefficient (Wildman–Crippen LogP) is 12.6. The standard InChI is InChI=1S/C47H31NO/c1-3-15-34(16-4-1)47(35-24-27-41-40-20-10-12-22-45(40)49-46(41)30-35)43-21-11-9-19-39(43)42-31-38(26-28-44(42)47)48(36-17-5-2-6-18-36)37-25-23-32-13-7-8-14-33(32)29-37/h1-31H/i1D,3D,4D,15D,16D. The molecule has 0 bridgehead atoms. The molecule has 0 saturated heterocycles. The van der Waals surface area contributed by atoms with Crippen molar-refractivity contribution >= 4 is 49.8 Å². The molecule has 1 heterocycles. The molecule has 1 aliphatic carbocycles. The Bertz CT molecular complexity index is 2940. The maximum atomic E-state index is 9.41. The van der Waals surface area contributed by atoms with Gasteiger partial charge >= 0.3 is 0 Å². The van der Waals surface area contributed by atoms with Crippen LogP contribution in [-0.4, -0.2) is 0 Å². The van der Waals surface area contributed by atoms with Crippen molar-refractivity contribution in [2.45, 2.75) is 5.41 Å². The fourth-order valence-electron chi connectivity index (χ4n) is 7.87. The Morgan fingerprint density at radius 2 is 1.14 bits per heavy atom. The Morgan fingerprint density at radius 3 is 2.04 bits per heavy atom. The lowest BCUT2D eigenvalue weighted by molar-refractivity contribution is 0.665. The van der Waals surface area contributed by atoms with E-state index in [-0.39, 0.29) is 29.7 Å². The minimum Gasteiger partial charge on any atom is -0.456 e. The van der Waals surface area contributed by atoms with E-state index in [0.717, 1.165) is 72.0 Å². The van der Waals surface area contributed by atoms with Gasteiger partial charge in [0.15, 0.2) is 0 Å². The molecule has 10 rings (SSSR count). The highest BCUT2D eigenvalue weighted by Crippen LogP contribution is 2.57. The van der Waals surface area contributed by atoms with Crippen LogP contribution in [0.2, 0.25) is 0 Å². The Balaban J connectivity index is 1.29. The summed E-state index contributed by atoms with van der Waals surface area (Å²) in [4.78, 5) is 2.24. The summed E-state index contributed by atoms with van der Waals surface area (Å²) >= 11 is 0. The van der Waals surface area contributed by atoms with Crippen LogP contribution >= 0.6 is 0 Å². The van der Waals surface area contributed by atoms with Gasteiger partial charge in [-0.3, -0.25) is 0 Å². The summed E-state index contributed by atoms with van der Waals surface area (Å²) in [5, 5.41) is 4.22. The van der Waals surface area contributed by atoms with Crippen molar-refractivity contribution in [2.75, 3.05) is 4.90 Å². The average molecular weight is 631 g/mol. The minimum atomic E-state index is -1.27. The molecular weight excluding hydrogens is 595 g/mol. The van der Waals surface area contributed by atoms with Gasteiger partial charge in [-0.2, -0.15) is 0 Å². The van der Waals surface area contributed by atoms with E-state index in [2.05, 4.69) is 71.6 Å². The first kappa shape index (κ1) is 23.0. The molecule has 8 aromatic carbocycles. The molecule has 230 valence electrons. The quantitative estimate of drug-likeness (QED) is 0.188. The highest BCUT2D eigenvalue weighted by atomic mass is 16.3. The number of rotatable bonds is 5. The molecule has 0 aliphatic heterocycles. The fraction of sp³-hybridized carbons (Fsp3) is 0.0213. The van der Waals surface area contributed by atoms with Crippen molar-refractivity contribution in [2.24, 2.45) is 0 Å². The molecule has 2 nitrogen and oxygen atoms in total. The maximum absolute atomic E-state index is 9.41. The third-order valence-electron chi connectivity index (χ3n) is 9.98. The van der Waals surface area contributed by atoms with Gasteiger partial charge in [0.1, 0.15) is 11.2 Å². The van der Waals surface area contributed by atoms with E-state index < -0.39 is 11.5 Å². The highest BCUT2D eigenvalue weighted by Gasteiger charge is 2.46. The second kappa shape index (κ2) is 10.8. The van der Waals surface area contributed by atoms with Crippen molar-refractivity contribution in [3.63, 3.8) is 0 Å². The van der Waals surface area contributed by atoms with Crippen molar-refractivity contribution in [1.82, 2.24) is 0 Å². The summed E-state index contributed by atoms with van der Waals surface area (Å²) in [6.07, 6.45) is 0. The lowest BCUT2D eigenvalue weighted by atomic mass is 9.67. The third-order valence-corrected chi connectivity index (χ3v) is 9.98. The van der Waals surface area contributed by atoms with Crippen molar-refractivity contribution < 1.29 is 11.3 Å². The van der Waals surface area contributed by atoms with Gasteiger partial charge in [0.2, 0.25) is 0 Å². The van der Waals surface area contributed by atoms with E-state index in [1.807, 2.05) is 91.0 Å². The zero-order valence-electron chi connectivity index (χ0n) is 31.4. The smallest absolute Gasteiger partial charge is 0.135 e. The summed E-state index contributed by atoms with van der Waals surface area (Å²) in [5.41, 5.74) is 7.53. The van der Waals surface area contributed by atoms with Gasteiger partial charge in [-0.1, -0.05) is 139 Å². The first-order valence-electron chi connectivity index (χ1n) is 18.9. The Hall–Kier alpha value is -6.38. The summed E-state index contributed by atoms with van der Waals surface area (Å²) in [5.74, 6) is 0. The van der Waals surface area contributed by atoms with Crippen LogP contribution < -0.4 is 4.90 Å². The zero-order chi connectivity index (χ0) is 36.7. The molecule has 0 fully saturated rings. The maximum Gasteiger partial charge on any atom is 0.135 e. The van der Waals surface area contributed by atoms with Gasteiger partial charge in [0.25, 0.3) is 0 Å². The number of benzene rings is 8. The van der Waals surface area contributed by atoms with Crippen LogP contribution in [0.5, 0.6) is 0 Å². The number of anilines is 3. The van der Waals surface area contributed by atoms with E-state index in [0.29, 0.717) is 5.58 Å². The monoisotopic (exact) mass is 630 g/mol. The molecule has 0 saturated carbocycles. The SMILES string of the molecule is [2H]c1c([2H])c([2H])c(C2(c3ccc4c(c3)oc3ccccc34)c3ccccc3-c3cc(N(c4ccccc4)c4ccc5ccccc5c4)ccc32)c([2H])c1[2H]. The van der Waals surface area contributed by atoms with Gasteiger partial charge in [-0.05, 0) is 92.7 Å². The number of hydrogen-bond acceptors (Lipinski definition) is 2. The predicted molar refractivity (Wildman–Crippen MR) is 203 cm³/mol.